The Labute approximate surface area is 352 Å². The number of benzene rings is 6. The molecule has 0 N–H and O–H groups in total. The smallest absolute Gasteiger partial charge is 0.135 e. The van der Waals surface area contributed by atoms with E-state index < -0.39 is 5.41 Å². The maximum Gasteiger partial charge on any atom is 0.135 e. The van der Waals surface area contributed by atoms with E-state index in [9.17, 15) is 0 Å². The molecule has 6 aromatic carbocycles. The number of rotatable bonds is 6. The van der Waals surface area contributed by atoms with E-state index in [4.69, 9.17) is 4.98 Å². The summed E-state index contributed by atoms with van der Waals surface area (Å²) in [6.45, 7) is 15.7. The fourth-order valence-corrected chi connectivity index (χ4v) is 8.45. The standard InChI is InChI=1S/C52H47N4.Pt/c1-50(2,3)38-26-28-46-48(32-38)54(7)35-55(46)42-22-16-21-40(31-42)52(36-17-10-8-11-18-36,37-19-12-9-13-20-37)41-25-27-44-43-23-14-15-24-45(43)56(47(44)33-41)49-34-39(29-30-53-49)51(4,5)6;/h8-30,32,34-35H,1-7H3;/q-3;. The Kier molecular flexibility index (Phi) is 9.77. The van der Waals surface area contributed by atoms with Crippen molar-refractivity contribution in [3.05, 3.63) is 204 Å². The van der Waals surface area contributed by atoms with Gasteiger partial charge in [-0.25, -0.2) is 4.98 Å². The van der Waals surface area contributed by atoms with Crippen LogP contribution >= 0.6 is 0 Å². The zero-order valence-electron chi connectivity index (χ0n) is 33.6. The van der Waals surface area contributed by atoms with Gasteiger partial charge in [0, 0.05) is 49.6 Å². The van der Waals surface area contributed by atoms with Crippen LogP contribution in [0.15, 0.2) is 152 Å². The minimum Gasteiger partial charge on any atom is -0.504 e. The van der Waals surface area contributed by atoms with Crippen molar-refractivity contribution in [1.82, 2.24) is 9.55 Å². The van der Waals surface area contributed by atoms with E-state index in [-0.39, 0.29) is 31.9 Å². The summed E-state index contributed by atoms with van der Waals surface area (Å²) in [7, 11) is 2.13. The number of para-hydroxylation sites is 1. The van der Waals surface area contributed by atoms with E-state index in [2.05, 4.69) is 227 Å². The first-order chi connectivity index (χ1) is 26.9. The molecule has 0 saturated carbocycles. The molecule has 8 aromatic rings. The summed E-state index contributed by atoms with van der Waals surface area (Å²) < 4.78 is 2.29. The second-order valence-electron chi connectivity index (χ2n) is 17.1. The van der Waals surface area contributed by atoms with Crippen LogP contribution in [-0.4, -0.2) is 16.6 Å². The van der Waals surface area contributed by atoms with Crippen LogP contribution in [0, 0.1) is 18.8 Å². The van der Waals surface area contributed by atoms with Crippen molar-refractivity contribution in [2.24, 2.45) is 0 Å². The van der Waals surface area contributed by atoms with Crippen LogP contribution in [0.1, 0.15) is 74.9 Å². The van der Waals surface area contributed by atoms with Gasteiger partial charge in [0.15, 0.2) is 0 Å². The maximum absolute atomic E-state index is 4.98. The Bertz CT molecular complexity index is 2680. The van der Waals surface area contributed by atoms with Gasteiger partial charge in [0.1, 0.15) is 5.82 Å². The van der Waals surface area contributed by atoms with E-state index in [1.54, 1.807) is 0 Å². The van der Waals surface area contributed by atoms with Crippen LogP contribution in [0.3, 0.4) is 0 Å². The van der Waals surface area contributed by atoms with Gasteiger partial charge in [-0.15, -0.1) is 22.2 Å². The van der Waals surface area contributed by atoms with Gasteiger partial charge in [-0.1, -0.05) is 132 Å². The molecule has 0 amide bonds. The van der Waals surface area contributed by atoms with Crippen molar-refractivity contribution in [2.75, 3.05) is 16.8 Å². The third-order valence-corrected chi connectivity index (χ3v) is 11.5. The third-order valence-electron chi connectivity index (χ3n) is 11.5. The van der Waals surface area contributed by atoms with Gasteiger partial charge < -0.3 is 14.4 Å². The van der Waals surface area contributed by atoms with E-state index in [1.807, 2.05) is 6.20 Å². The Balaban J connectivity index is 0.00000455. The van der Waals surface area contributed by atoms with Gasteiger partial charge >= 0.3 is 0 Å². The number of hydrogen-bond acceptors (Lipinski definition) is 3. The largest absolute Gasteiger partial charge is 0.504 e. The van der Waals surface area contributed by atoms with Crippen LogP contribution in [-0.2, 0) is 37.3 Å². The number of pyridine rings is 1. The molecule has 0 atom stereocenters. The molecule has 0 unspecified atom stereocenters. The summed E-state index contributed by atoms with van der Waals surface area (Å²) in [4.78, 5) is 9.47. The number of fused-ring (bicyclic) bond motifs is 4. The van der Waals surface area contributed by atoms with Gasteiger partial charge in [0.25, 0.3) is 0 Å². The second-order valence-corrected chi connectivity index (χ2v) is 17.1. The van der Waals surface area contributed by atoms with Crippen LogP contribution in [0.5, 0.6) is 0 Å². The molecule has 288 valence electrons. The summed E-state index contributed by atoms with van der Waals surface area (Å²) in [5, 5.41) is 2.31. The molecule has 4 nitrogen and oxygen atoms in total. The molecule has 0 bridgehead atoms. The molecule has 2 aromatic heterocycles. The molecule has 1 aliphatic heterocycles. The minimum atomic E-state index is -0.765. The van der Waals surface area contributed by atoms with Crippen molar-refractivity contribution >= 4 is 38.9 Å². The third kappa shape index (κ3) is 6.49. The first-order valence-corrected chi connectivity index (χ1v) is 19.5. The van der Waals surface area contributed by atoms with Crippen LogP contribution < -0.4 is 9.80 Å². The first kappa shape index (κ1) is 38.4. The van der Waals surface area contributed by atoms with Gasteiger partial charge in [-0.3, -0.25) is 0 Å². The second kappa shape index (κ2) is 14.5. The summed E-state index contributed by atoms with van der Waals surface area (Å²) in [5.41, 5.74) is 11.6. The topological polar surface area (TPSA) is 24.3 Å². The molecule has 5 heteroatoms. The minimum absolute atomic E-state index is 0. The quantitative estimate of drug-likeness (QED) is 0.123. The normalized spacial score (nSPS) is 13.2. The summed E-state index contributed by atoms with van der Waals surface area (Å²) in [6.07, 6.45) is 1.94. The van der Waals surface area contributed by atoms with Crippen molar-refractivity contribution < 1.29 is 21.1 Å². The van der Waals surface area contributed by atoms with Gasteiger partial charge in [0.2, 0.25) is 0 Å². The molecular formula is C52H47N4Pt-3. The zero-order valence-corrected chi connectivity index (χ0v) is 35.9. The van der Waals surface area contributed by atoms with E-state index >= 15 is 0 Å². The number of nitrogens with zero attached hydrogens (tertiary/aromatic N) is 4. The molecular weight excluding hydrogens is 876 g/mol. The molecule has 0 aliphatic carbocycles. The predicted octanol–water partition coefficient (Wildman–Crippen LogP) is 12.5. The van der Waals surface area contributed by atoms with Crippen molar-refractivity contribution in [2.45, 2.75) is 57.8 Å². The Morgan fingerprint density at radius 3 is 1.86 bits per heavy atom. The zero-order chi connectivity index (χ0) is 38.8. The summed E-state index contributed by atoms with van der Waals surface area (Å²) in [5.74, 6) is 0.887. The Hall–Kier alpha value is -5.44. The molecule has 3 heterocycles. The average molecular weight is 923 g/mol. The van der Waals surface area contributed by atoms with Crippen LogP contribution in [0.2, 0.25) is 0 Å². The fourth-order valence-electron chi connectivity index (χ4n) is 8.45. The summed E-state index contributed by atoms with van der Waals surface area (Å²) in [6, 6.07) is 60.8. The van der Waals surface area contributed by atoms with Crippen molar-refractivity contribution in [1.29, 1.82) is 0 Å². The molecule has 1 aliphatic rings. The van der Waals surface area contributed by atoms with Gasteiger partial charge in [-0.2, -0.15) is 49.1 Å². The molecule has 0 fully saturated rings. The average Bonchev–Trinajstić information content (AvgIpc) is 3.72. The van der Waals surface area contributed by atoms with E-state index in [0.29, 0.717) is 0 Å². The molecule has 0 radical (unpaired) electrons. The van der Waals surface area contributed by atoms with Gasteiger partial charge in [-0.05, 0) is 75.8 Å². The maximum atomic E-state index is 4.98. The van der Waals surface area contributed by atoms with Crippen LogP contribution in [0.25, 0.3) is 27.6 Å². The van der Waals surface area contributed by atoms with Crippen LogP contribution in [0.4, 0.5) is 17.1 Å². The number of aromatic nitrogens is 2. The molecule has 0 saturated heterocycles. The molecule has 9 rings (SSSR count). The number of anilines is 3. The first-order valence-electron chi connectivity index (χ1n) is 19.5. The van der Waals surface area contributed by atoms with E-state index in [1.165, 1.54) is 22.2 Å². The summed E-state index contributed by atoms with van der Waals surface area (Å²) >= 11 is 0. The van der Waals surface area contributed by atoms with Crippen molar-refractivity contribution in [3.8, 4) is 5.82 Å². The molecule has 0 spiro atoms. The molecule has 57 heavy (non-hydrogen) atoms. The number of hydrogen-bond donors (Lipinski definition) is 0. The monoisotopic (exact) mass is 922 g/mol. The van der Waals surface area contributed by atoms with E-state index in [0.717, 1.165) is 55.9 Å². The Morgan fingerprint density at radius 1 is 0.544 bits per heavy atom. The fraction of sp³-hybridized carbons (Fsp3) is 0.192. The SMILES string of the molecule is CN1[CH-]N(c2[c-]c(C(c3[c-]c4c(cc3)c3ccccc3n4-c3cc(C(C)(C)C)ccn3)(c3ccccc3)c3ccccc3)ccc2)c2ccc(C(C)(C)C)cc21.[Pt]. The van der Waals surface area contributed by atoms with Gasteiger partial charge in [0.05, 0.1) is 0 Å². The Morgan fingerprint density at radius 2 is 1.18 bits per heavy atom. The van der Waals surface area contributed by atoms with Crippen molar-refractivity contribution in [3.63, 3.8) is 0 Å². The predicted molar refractivity (Wildman–Crippen MR) is 233 cm³/mol.